The Labute approximate surface area is 115 Å². The van der Waals surface area contributed by atoms with Gasteiger partial charge >= 0.3 is 0 Å². The Hall–Kier alpha value is 0.350. The Kier molecular flexibility index (Phi) is 8.63. The molecule has 0 saturated carbocycles. The topological polar surface area (TPSA) is 40.6 Å². The first kappa shape index (κ1) is 17.4. The van der Waals surface area contributed by atoms with Gasteiger partial charge in [0.1, 0.15) is 4.66 Å². The average molecular weight is 329 g/mol. The maximum atomic E-state index is 11.9. The van der Waals surface area contributed by atoms with Crippen LogP contribution < -0.4 is 0 Å². The largest absolute Gasteiger partial charge is 0.303 e. The summed E-state index contributed by atoms with van der Waals surface area (Å²) in [4.78, 5) is 2.23. The van der Waals surface area contributed by atoms with E-state index in [-0.39, 0.29) is 4.66 Å². The molecule has 0 amide bonds. The minimum atomic E-state index is -3.14. The summed E-state index contributed by atoms with van der Waals surface area (Å²) in [7, 11) is -3.14. The average Bonchev–Trinajstić information content (AvgIpc) is 2.28. The van der Waals surface area contributed by atoms with Crippen LogP contribution in [0.4, 0.5) is 0 Å². The summed E-state index contributed by atoms with van der Waals surface area (Å²) in [6.45, 7) is 12.1. The van der Waals surface area contributed by atoms with E-state index in [0.717, 1.165) is 19.6 Å². The van der Waals surface area contributed by atoms with E-state index >= 15 is 0 Å². The third-order valence-corrected chi connectivity index (χ3v) is 5.79. The van der Waals surface area contributed by atoms with E-state index in [0.29, 0.717) is 19.0 Å². The Morgan fingerprint density at radius 2 is 1.65 bits per heavy atom. The normalized spacial score (nSPS) is 12.9. The van der Waals surface area contributed by atoms with Gasteiger partial charge in [-0.1, -0.05) is 43.6 Å². The van der Waals surface area contributed by atoms with Crippen LogP contribution in [0.2, 0.25) is 0 Å². The predicted octanol–water partition coefficient (Wildman–Crippen LogP) is 1.97. The Bertz CT molecular complexity index is 290. The molecule has 0 unspecified atom stereocenters. The fraction of sp³-hybridized carbons (Fsp3) is 1.00. The van der Waals surface area contributed by atoms with Gasteiger partial charge in [-0.05, 0) is 19.0 Å². The van der Waals surface area contributed by atoms with Gasteiger partial charge in [0, 0.05) is 19.6 Å². The molecule has 0 saturated heterocycles. The zero-order valence-corrected chi connectivity index (χ0v) is 13.7. The summed E-state index contributed by atoms with van der Waals surface area (Å²) >= 11 is 3.06. The second-order valence-corrected chi connectivity index (χ2v) is 7.77. The summed E-state index contributed by atoms with van der Waals surface area (Å²) in [6.07, 6.45) is 0. The first-order chi connectivity index (χ1) is 7.87. The van der Waals surface area contributed by atoms with Gasteiger partial charge in [0.15, 0.2) is 0 Å². The number of halogens is 1. The number of sulfonamides is 1. The van der Waals surface area contributed by atoms with Crippen LogP contribution in [0.1, 0.15) is 27.7 Å². The molecule has 0 aliphatic carbocycles. The Morgan fingerprint density at radius 1 is 1.12 bits per heavy atom. The molecule has 0 rings (SSSR count). The molecule has 0 spiro atoms. The van der Waals surface area contributed by atoms with Crippen molar-refractivity contribution >= 4 is 26.0 Å². The fourth-order valence-corrected chi connectivity index (χ4v) is 3.50. The Balaban J connectivity index is 4.50. The molecule has 17 heavy (non-hydrogen) atoms. The predicted molar refractivity (Wildman–Crippen MR) is 76.9 cm³/mol. The molecule has 104 valence electrons. The standard InChI is InChI=1S/C11H25BrN2O2S/c1-5-13(6-2)7-8-14(9-11(3)4)17(15,16)10-12/h11H,5-10H2,1-4H3. The maximum absolute atomic E-state index is 11.9. The second kappa shape index (κ2) is 8.45. The lowest BCUT2D eigenvalue weighted by molar-refractivity contribution is 0.262. The molecule has 0 radical (unpaired) electrons. The summed E-state index contributed by atoms with van der Waals surface area (Å²) in [5.74, 6) is 0.348. The van der Waals surface area contributed by atoms with Crippen molar-refractivity contribution in [3.8, 4) is 0 Å². The second-order valence-electron chi connectivity index (χ2n) is 4.50. The number of nitrogens with zero attached hydrogens (tertiary/aromatic N) is 2. The molecule has 0 aliphatic rings. The molecule has 0 bridgehead atoms. The molecule has 0 aromatic carbocycles. The molecule has 4 nitrogen and oxygen atoms in total. The summed E-state index contributed by atoms with van der Waals surface area (Å²) < 4.78 is 25.4. The van der Waals surface area contributed by atoms with E-state index < -0.39 is 10.0 Å². The van der Waals surface area contributed by atoms with Crippen LogP contribution in [0.5, 0.6) is 0 Å². The van der Waals surface area contributed by atoms with Crippen LogP contribution in [-0.2, 0) is 10.0 Å². The molecule has 0 atom stereocenters. The van der Waals surface area contributed by atoms with Crippen molar-refractivity contribution in [2.24, 2.45) is 5.92 Å². The van der Waals surface area contributed by atoms with Crippen LogP contribution in [0.3, 0.4) is 0 Å². The summed E-state index contributed by atoms with van der Waals surface area (Å²) in [5, 5.41) is 0. The van der Waals surface area contributed by atoms with E-state index in [4.69, 9.17) is 0 Å². The van der Waals surface area contributed by atoms with Crippen LogP contribution in [-0.4, -0.2) is 55.0 Å². The van der Waals surface area contributed by atoms with Gasteiger partial charge in [-0.2, -0.15) is 4.31 Å². The van der Waals surface area contributed by atoms with Gasteiger partial charge in [0.05, 0.1) is 0 Å². The first-order valence-corrected chi connectivity index (χ1v) is 8.86. The minimum absolute atomic E-state index is 0.00493. The van der Waals surface area contributed by atoms with Gasteiger partial charge in [0.25, 0.3) is 0 Å². The van der Waals surface area contributed by atoms with Gasteiger partial charge < -0.3 is 4.90 Å². The molecule has 0 aliphatic heterocycles. The third-order valence-electron chi connectivity index (χ3n) is 2.66. The molecule has 6 heteroatoms. The van der Waals surface area contributed by atoms with Gasteiger partial charge in [-0.15, -0.1) is 0 Å². The molecule has 0 fully saturated rings. The van der Waals surface area contributed by atoms with Crippen LogP contribution in [0.25, 0.3) is 0 Å². The molecule has 0 heterocycles. The van der Waals surface area contributed by atoms with Crippen molar-refractivity contribution in [3.63, 3.8) is 0 Å². The van der Waals surface area contributed by atoms with E-state index in [1.54, 1.807) is 4.31 Å². The van der Waals surface area contributed by atoms with Crippen LogP contribution in [0, 0.1) is 5.92 Å². The molecular weight excluding hydrogens is 304 g/mol. The summed E-state index contributed by atoms with van der Waals surface area (Å²) in [6, 6.07) is 0. The lowest BCUT2D eigenvalue weighted by atomic mass is 10.2. The molecule has 0 N–H and O–H groups in total. The number of rotatable bonds is 9. The first-order valence-electron chi connectivity index (χ1n) is 6.13. The number of hydrogen-bond acceptors (Lipinski definition) is 3. The van der Waals surface area contributed by atoms with Gasteiger partial charge in [-0.3, -0.25) is 0 Å². The van der Waals surface area contributed by atoms with Crippen molar-refractivity contribution in [2.75, 3.05) is 37.4 Å². The van der Waals surface area contributed by atoms with Crippen molar-refractivity contribution in [1.82, 2.24) is 9.21 Å². The monoisotopic (exact) mass is 328 g/mol. The van der Waals surface area contributed by atoms with E-state index in [2.05, 4.69) is 34.7 Å². The van der Waals surface area contributed by atoms with E-state index in [1.807, 2.05) is 13.8 Å². The third kappa shape index (κ3) is 6.74. The van der Waals surface area contributed by atoms with Gasteiger partial charge in [0.2, 0.25) is 10.0 Å². The minimum Gasteiger partial charge on any atom is -0.303 e. The van der Waals surface area contributed by atoms with Crippen molar-refractivity contribution in [2.45, 2.75) is 27.7 Å². The zero-order valence-electron chi connectivity index (χ0n) is 11.3. The fourth-order valence-electron chi connectivity index (χ4n) is 1.61. The smallest absolute Gasteiger partial charge is 0.224 e. The Morgan fingerprint density at radius 3 is 2.00 bits per heavy atom. The summed E-state index contributed by atoms with van der Waals surface area (Å²) in [5.41, 5.74) is 0. The highest BCUT2D eigenvalue weighted by molar-refractivity contribution is 9.10. The van der Waals surface area contributed by atoms with E-state index in [1.165, 1.54) is 0 Å². The zero-order chi connectivity index (χ0) is 13.5. The van der Waals surface area contributed by atoms with Crippen LogP contribution >= 0.6 is 15.9 Å². The SMILES string of the molecule is CCN(CC)CCN(CC(C)C)S(=O)(=O)CBr. The van der Waals surface area contributed by atoms with Crippen LogP contribution in [0.15, 0.2) is 0 Å². The highest BCUT2D eigenvalue weighted by Gasteiger charge is 2.21. The van der Waals surface area contributed by atoms with E-state index in [9.17, 15) is 8.42 Å². The van der Waals surface area contributed by atoms with Gasteiger partial charge in [-0.25, -0.2) is 8.42 Å². The maximum Gasteiger partial charge on any atom is 0.224 e. The van der Waals surface area contributed by atoms with Crippen molar-refractivity contribution in [1.29, 1.82) is 0 Å². The molecule has 0 aromatic rings. The number of alkyl halides is 1. The molecular formula is C11H25BrN2O2S. The number of hydrogen-bond donors (Lipinski definition) is 0. The molecule has 0 aromatic heterocycles. The number of likely N-dealkylation sites (N-methyl/N-ethyl adjacent to an activating group) is 1. The lowest BCUT2D eigenvalue weighted by Crippen LogP contribution is -2.40. The highest BCUT2D eigenvalue weighted by Crippen LogP contribution is 2.09. The lowest BCUT2D eigenvalue weighted by Gasteiger charge is -2.26. The highest BCUT2D eigenvalue weighted by atomic mass is 79.9. The van der Waals surface area contributed by atoms with Crippen molar-refractivity contribution in [3.05, 3.63) is 0 Å². The van der Waals surface area contributed by atoms with Crippen molar-refractivity contribution < 1.29 is 8.42 Å². The quantitative estimate of drug-likeness (QED) is 0.607.